The van der Waals surface area contributed by atoms with Gasteiger partial charge in [-0.05, 0) is 13.8 Å². The third kappa shape index (κ3) is 2.04. The summed E-state index contributed by atoms with van der Waals surface area (Å²) in [7, 11) is 1.23. The first-order valence-electron chi connectivity index (χ1n) is 3.44. The Morgan fingerprint density at radius 3 is 2.42 bits per heavy atom. The Hall–Kier alpha value is -1.41. The number of rotatable bonds is 3. The van der Waals surface area contributed by atoms with E-state index in [-0.39, 0.29) is 5.71 Å². The highest BCUT2D eigenvalue weighted by Gasteiger charge is 2.37. The first-order valence-corrected chi connectivity index (χ1v) is 3.44. The molecule has 12 heavy (non-hydrogen) atoms. The minimum atomic E-state index is -0.679. The maximum atomic E-state index is 11.0. The van der Waals surface area contributed by atoms with Crippen molar-refractivity contribution in [3.8, 4) is 0 Å². The van der Waals surface area contributed by atoms with Crippen molar-refractivity contribution in [2.75, 3.05) is 7.11 Å². The monoisotopic (exact) mass is 168 g/mol. The average molecular weight is 168 g/mol. The van der Waals surface area contributed by atoms with Gasteiger partial charge in [-0.1, -0.05) is 6.08 Å². The van der Waals surface area contributed by atoms with Crippen molar-refractivity contribution >= 4 is 11.7 Å². The van der Waals surface area contributed by atoms with Gasteiger partial charge in [-0.15, -0.1) is 6.58 Å². The summed E-state index contributed by atoms with van der Waals surface area (Å²) in [6.45, 7) is 6.92. The van der Waals surface area contributed by atoms with Crippen LogP contribution in [0.25, 0.3) is 5.53 Å². The number of nitrogens with zero attached hydrogens (tertiary/aromatic N) is 2. The molecule has 0 aromatic heterocycles. The lowest BCUT2D eigenvalue weighted by atomic mass is 9.88. The Balaban J connectivity index is 4.95. The van der Waals surface area contributed by atoms with Gasteiger partial charge in [0.2, 0.25) is 0 Å². The summed E-state index contributed by atoms with van der Waals surface area (Å²) in [5, 5.41) is 0. The van der Waals surface area contributed by atoms with Crippen LogP contribution >= 0.6 is 0 Å². The summed E-state index contributed by atoms with van der Waals surface area (Å²) < 4.78 is 4.41. The Morgan fingerprint density at radius 2 is 2.17 bits per heavy atom. The Labute approximate surface area is 71.5 Å². The number of hydrogen-bond donors (Lipinski definition) is 0. The quantitative estimate of drug-likeness (QED) is 0.208. The molecule has 0 saturated heterocycles. The summed E-state index contributed by atoms with van der Waals surface area (Å²) in [6.07, 6.45) is 1.51. The topological polar surface area (TPSA) is 62.7 Å². The van der Waals surface area contributed by atoms with E-state index >= 15 is 0 Å². The molecule has 4 heteroatoms. The lowest BCUT2D eigenvalue weighted by Gasteiger charge is -2.11. The predicted octanol–water partition coefficient (Wildman–Crippen LogP) is 1.04. The Morgan fingerprint density at radius 1 is 1.67 bits per heavy atom. The molecule has 0 aliphatic carbocycles. The largest absolute Gasteiger partial charge is 0.460 e. The van der Waals surface area contributed by atoms with E-state index < -0.39 is 11.4 Å². The highest BCUT2D eigenvalue weighted by atomic mass is 16.5. The van der Waals surface area contributed by atoms with Gasteiger partial charge in [0, 0.05) is 0 Å². The fourth-order valence-electron chi connectivity index (χ4n) is 0.626. The van der Waals surface area contributed by atoms with Gasteiger partial charge in [-0.3, -0.25) is 0 Å². The molecular weight excluding hydrogens is 156 g/mol. The van der Waals surface area contributed by atoms with Crippen LogP contribution in [0.1, 0.15) is 13.8 Å². The molecular formula is C8H12N2O2. The zero-order chi connectivity index (χ0) is 9.78. The maximum Gasteiger partial charge on any atom is 0.417 e. The molecule has 0 heterocycles. The molecule has 0 N–H and O–H groups in total. The van der Waals surface area contributed by atoms with Gasteiger partial charge in [0.25, 0.3) is 0 Å². The van der Waals surface area contributed by atoms with Crippen LogP contribution in [0.2, 0.25) is 0 Å². The second kappa shape index (κ2) is 3.83. The minimum Gasteiger partial charge on any atom is -0.460 e. The molecule has 0 aromatic carbocycles. The number of esters is 1. The standard InChI is InChI=1S/C8H12N2O2/c1-5-8(2,3)6(10-9)7(11)12-4/h5H,1H2,2-4H3. The molecule has 0 amide bonds. The van der Waals surface area contributed by atoms with Crippen molar-refractivity contribution in [2.45, 2.75) is 13.8 Å². The molecule has 0 unspecified atom stereocenters. The number of carbonyl (C=O) groups is 1. The lowest BCUT2D eigenvalue weighted by molar-refractivity contribution is -0.138. The molecule has 0 saturated carbocycles. The SMILES string of the molecule is C=CC(C)(C)C(=[N+]=[N-])C(=O)OC. The fraction of sp³-hybridized carbons (Fsp3) is 0.500. The Bertz CT molecular complexity index is 250. The lowest BCUT2D eigenvalue weighted by Crippen LogP contribution is -2.31. The van der Waals surface area contributed by atoms with Crippen LogP contribution in [0, 0.1) is 5.41 Å². The van der Waals surface area contributed by atoms with E-state index in [1.54, 1.807) is 13.8 Å². The average Bonchev–Trinajstić information content (AvgIpc) is 2.05. The second-order valence-corrected chi connectivity index (χ2v) is 2.87. The number of ether oxygens (including phenoxy) is 1. The van der Waals surface area contributed by atoms with Gasteiger partial charge >= 0.3 is 11.7 Å². The number of carbonyl (C=O) groups excluding carboxylic acids is 1. The molecule has 4 nitrogen and oxygen atoms in total. The van der Waals surface area contributed by atoms with Crippen molar-refractivity contribution in [3.63, 3.8) is 0 Å². The van der Waals surface area contributed by atoms with E-state index in [2.05, 4.69) is 16.1 Å². The third-order valence-electron chi connectivity index (χ3n) is 1.60. The van der Waals surface area contributed by atoms with Crippen LogP contribution in [0.4, 0.5) is 0 Å². The van der Waals surface area contributed by atoms with E-state index in [0.29, 0.717) is 0 Å². The van der Waals surface area contributed by atoms with E-state index in [9.17, 15) is 4.79 Å². The molecule has 0 bridgehead atoms. The van der Waals surface area contributed by atoms with Crippen molar-refractivity contribution in [2.24, 2.45) is 5.41 Å². The van der Waals surface area contributed by atoms with Crippen molar-refractivity contribution in [1.29, 1.82) is 0 Å². The van der Waals surface area contributed by atoms with Crippen LogP contribution in [0.3, 0.4) is 0 Å². The van der Waals surface area contributed by atoms with Gasteiger partial charge in [0.1, 0.15) is 0 Å². The molecule has 0 aliphatic heterocycles. The molecule has 0 rings (SSSR count). The zero-order valence-electron chi connectivity index (χ0n) is 7.50. The van der Waals surface area contributed by atoms with E-state index in [4.69, 9.17) is 5.53 Å². The zero-order valence-corrected chi connectivity index (χ0v) is 7.50. The summed E-state index contributed by atoms with van der Waals surface area (Å²) in [5.41, 5.74) is 7.80. The molecule has 0 atom stereocenters. The third-order valence-corrected chi connectivity index (χ3v) is 1.60. The smallest absolute Gasteiger partial charge is 0.417 e. The molecule has 0 radical (unpaired) electrons. The second-order valence-electron chi connectivity index (χ2n) is 2.87. The number of hydrogen-bond acceptors (Lipinski definition) is 2. The van der Waals surface area contributed by atoms with Crippen LogP contribution in [-0.4, -0.2) is 23.6 Å². The molecule has 0 fully saturated rings. The van der Waals surface area contributed by atoms with E-state index in [1.165, 1.54) is 13.2 Å². The maximum absolute atomic E-state index is 11.0. The van der Waals surface area contributed by atoms with Gasteiger partial charge in [0.05, 0.1) is 12.5 Å². The number of allylic oxidation sites excluding steroid dienone is 1. The fourth-order valence-corrected chi connectivity index (χ4v) is 0.626. The summed E-state index contributed by atoms with van der Waals surface area (Å²) >= 11 is 0. The molecule has 0 spiro atoms. The van der Waals surface area contributed by atoms with Gasteiger partial charge in [-0.25, -0.2) is 4.79 Å². The van der Waals surface area contributed by atoms with Crippen LogP contribution in [-0.2, 0) is 9.53 Å². The van der Waals surface area contributed by atoms with Gasteiger partial charge < -0.3 is 10.3 Å². The number of methoxy groups -OCH3 is 1. The summed E-state index contributed by atoms with van der Waals surface area (Å²) in [5.74, 6) is -0.651. The molecule has 0 aliphatic rings. The first kappa shape index (κ1) is 10.6. The summed E-state index contributed by atoms with van der Waals surface area (Å²) in [6, 6.07) is 0. The van der Waals surface area contributed by atoms with Gasteiger partial charge in [0.15, 0.2) is 0 Å². The van der Waals surface area contributed by atoms with Crippen molar-refractivity contribution < 1.29 is 14.3 Å². The van der Waals surface area contributed by atoms with Crippen LogP contribution in [0.5, 0.6) is 0 Å². The van der Waals surface area contributed by atoms with E-state index in [1.807, 2.05) is 0 Å². The van der Waals surface area contributed by atoms with Crippen molar-refractivity contribution in [1.82, 2.24) is 0 Å². The molecule has 0 aromatic rings. The van der Waals surface area contributed by atoms with E-state index in [0.717, 1.165) is 0 Å². The molecule has 66 valence electrons. The predicted molar refractivity (Wildman–Crippen MR) is 44.6 cm³/mol. The minimum absolute atomic E-state index is 0.0556. The highest BCUT2D eigenvalue weighted by molar-refractivity contribution is 6.36. The normalized spacial score (nSPS) is 9.92. The van der Waals surface area contributed by atoms with Crippen LogP contribution in [0.15, 0.2) is 12.7 Å². The van der Waals surface area contributed by atoms with Crippen molar-refractivity contribution in [3.05, 3.63) is 18.2 Å². The summed E-state index contributed by atoms with van der Waals surface area (Å²) in [4.78, 5) is 13.9. The van der Waals surface area contributed by atoms with Crippen LogP contribution < -0.4 is 0 Å². The first-order chi connectivity index (χ1) is 5.49. The Kier molecular flexibility index (Phi) is 3.38. The highest BCUT2D eigenvalue weighted by Crippen LogP contribution is 2.17. The van der Waals surface area contributed by atoms with Gasteiger partial charge in [-0.2, -0.15) is 4.79 Å².